The molecule has 1 aromatic heterocycles. The fourth-order valence-electron chi connectivity index (χ4n) is 3.34. The quantitative estimate of drug-likeness (QED) is 0.509. The number of hydrogen-bond acceptors (Lipinski definition) is 1. The maximum absolute atomic E-state index is 4.84. The van der Waals surface area contributed by atoms with E-state index in [1.165, 1.54) is 27.4 Å². The summed E-state index contributed by atoms with van der Waals surface area (Å²) in [4.78, 5) is 8.33. The number of fused-ring (bicyclic) bond motifs is 4. The van der Waals surface area contributed by atoms with Crippen molar-refractivity contribution < 1.29 is 0 Å². The Kier molecular flexibility index (Phi) is 2.30. The van der Waals surface area contributed by atoms with Crippen molar-refractivity contribution in [2.24, 2.45) is 4.99 Å². The van der Waals surface area contributed by atoms with E-state index in [1.807, 2.05) is 6.07 Å². The van der Waals surface area contributed by atoms with Crippen LogP contribution < -0.4 is 0 Å². The van der Waals surface area contributed by atoms with Gasteiger partial charge in [-0.3, -0.25) is 4.99 Å². The Morgan fingerprint density at radius 2 is 1.59 bits per heavy atom. The van der Waals surface area contributed by atoms with Crippen LogP contribution in [0, 0.1) is 0 Å². The van der Waals surface area contributed by atoms with Crippen LogP contribution in [0.15, 0.2) is 71.7 Å². The van der Waals surface area contributed by atoms with E-state index in [9.17, 15) is 0 Å². The second-order valence-electron chi connectivity index (χ2n) is 5.80. The van der Waals surface area contributed by atoms with Crippen LogP contribution in [0.4, 0.5) is 5.69 Å². The number of nitrogens with one attached hydrogen (secondary N) is 1. The lowest BCUT2D eigenvalue weighted by molar-refractivity contribution is 1.40. The molecule has 4 aromatic rings. The number of aliphatic imine (C=N–C) groups is 1. The van der Waals surface area contributed by atoms with E-state index in [0.29, 0.717) is 0 Å². The number of para-hydroxylation sites is 1. The molecule has 1 N–H and O–H groups in total. The molecule has 0 aliphatic carbocycles. The molecule has 2 nitrogen and oxygen atoms in total. The minimum atomic E-state index is 0.912. The Morgan fingerprint density at radius 1 is 0.773 bits per heavy atom. The topological polar surface area (TPSA) is 28.1 Å². The van der Waals surface area contributed by atoms with Crippen LogP contribution in [-0.2, 0) is 6.42 Å². The Bertz CT molecular complexity index is 1040. The fourth-order valence-corrected chi connectivity index (χ4v) is 3.34. The van der Waals surface area contributed by atoms with E-state index < -0.39 is 0 Å². The summed E-state index contributed by atoms with van der Waals surface area (Å²) in [6, 6.07) is 23.4. The van der Waals surface area contributed by atoms with Crippen molar-refractivity contribution in [3.8, 4) is 0 Å². The SMILES string of the molecule is c1ccc(C2=Nc3cc4[nH]c5ccccc5c4cc3C2)cc1. The summed E-state index contributed by atoms with van der Waals surface area (Å²) in [7, 11) is 0. The van der Waals surface area contributed by atoms with Crippen molar-refractivity contribution in [1.29, 1.82) is 0 Å². The number of aromatic nitrogens is 1. The van der Waals surface area contributed by atoms with E-state index in [0.717, 1.165) is 23.3 Å². The highest BCUT2D eigenvalue weighted by molar-refractivity contribution is 6.12. The van der Waals surface area contributed by atoms with E-state index in [1.54, 1.807) is 0 Å². The lowest BCUT2D eigenvalue weighted by atomic mass is 10.0. The van der Waals surface area contributed by atoms with Gasteiger partial charge in [0.15, 0.2) is 0 Å². The molecule has 0 saturated heterocycles. The lowest BCUT2D eigenvalue weighted by Gasteiger charge is -1.99. The van der Waals surface area contributed by atoms with Crippen LogP contribution in [0.3, 0.4) is 0 Å². The maximum Gasteiger partial charge on any atom is 0.0690 e. The molecule has 0 fully saturated rings. The zero-order chi connectivity index (χ0) is 14.5. The molecule has 3 aromatic carbocycles. The van der Waals surface area contributed by atoms with Gasteiger partial charge in [0.2, 0.25) is 0 Å². The second-order valence-corrected chi connectivity index (χ2v) is 5.80. The third kappa shape index (κ3) is 1.64. The lowest BCUT2D eigenvalue weighted by Crippen LogP contribution is -1.99. The van der Waals surface area contributed by atoms with Crippen LogP contribution in [0.5, 0.6) is 0 Å². The molecule has 0 amide bonds. The van der Waals surface area contributed by atoms with Crippen molar-refractivity contribution in [2.45, 2.75) is 6.42 Å². The number of aromatic amines is 1. The molecule has 1 aliphatic rings. The van der Waals surface area contributed by atoms with Crippen LogP contribution in [0.2, 0.25) is 0 Å². The highest BCUT2D eigenvalue weighted by atomic mass is 14.8. The number of H-pyrrole nitrogens is 1. The van der Waals surface area contributed by atoms with E-state index in [-0.39, 0.29) is 0 Å². The molecule has 22 heavy (non-hydrogen) atoms. The van der Waals surface area contributed by atoms with Gasteiger partial charge in [0.1, 0.15) is 0 Å². The molecule has 104 valence electrons. The first kappa shape index (κ1) is 11.8. The van der Waals surface area contributed by atoms with E-state index in [2.05, 4.69) is 65.6 Å². The summed E-state index contributed by atoms with van der Waals surface area (Å²) < 4.78 is 0. The average molecular weight is 282 g/mol. The second kappa shape index (κ2) is 4.31. The fraction of sp³-hybridized carbons (Fsp3) is 0.0500. The van der Waals surface area contributed by atoms with Crippen molar-refractivity contribution in [3.05, 3.63) is 77.9 Å². The van der Waals surface area contributed by atoms with Gasteiger partial charge in [-0.15, -0.1) is 0 Å². The van der Waals surface area contributed by atoms with Crippen molar-refractivity contribution in [2.75, 3.05) is 0 Å². The molecule has 2 heterocycles. The van der Waals surface area contributed by atoms with E-state index in [4.69, 9.17) is 4.99 Å². The number of benzene rings is 3. The molecule has 5 rings (SSSR count). The average Bonchev–Trinajstić information content (AvgIpc) is 3.14. The minimum absolute atomic E-state index is 0.912. The van der Waals surface area contributed by atoms with Gasteiger partial charge in [-0.25, -0.2) is 0 Å². The van der Waals surface area contributed by atoms with Crippen molar-refractivity contribution in [3.63, 3.8) is 0 Å². The summed E-state index contributed by atoms with van der Waals surface area (Å²) in [6.07, 6.45) is 0.912. The highest BCUT2D eigenvalue weighted by Crippen LogP contribution is 2.35. The number of rotatable bonds is 1. The first-order valence-electron chi connectivity index (χ1n) is 7.55. The predicted octanol–water partition coefficient (Wildman–Crippen LogP) is 5.00. The standard InChI is InChI=1S/C20H14N2/c1-2-6-13(7-3-1)18-11-14-10-16-15-8-4-5-9-17(15)21-20(16)12-19(14)22-18/h1-10,12,21H,11H2. The molecule has 1 aliphatic heterocycles. The van der Waals surface area contributed by atoms with Crippen molar-refractivity contribution in [1.82, 2.24) is 4.98 Å². The Balaban J connectivity index is 1.70. The Labute approximate surface area is 128 Å². The summed E-state index contributed by atoms with van der Waals surface area (Å²) in [6.45, 7) is 0. The summed E-state index contributed by atoms with van der Waals surface area (Å²) >= 11 is 0. The zero-order valence-electron chi connectivity index (χ0n) is 12.0. The van der Waals surface area contributed by atoms with Gasteiger partial charge < -0.3 is 4.98 Å². The largest absolute Gasteiger partial charge is 0.354 e. The van der Waals surface area contributed by atoms with Gasteiger partial charge in [0.25, 0.3) is 0 Å². The van der Waals surface area contributed by atoms with Gasteiger partial charge in [0.05, 0.1) is 11.4 Å². The molecule has 2 heteroatoms. The van der Waals surface area contributed by atoms with Crippen LogP contribution in [-0.4, -0.2) is 10.7 Å². The first-order valence-corrected chi connectivity index (χ1v) is 7.55. The normalized spacial score (nSPS) is 13.5. The monoisotopic (exact) mass is 282 g/mol. The van der Waals surface area contributed by atoms with Gasteiger partial charge in [-0.2, -0.15) is 0 Å². The van der Waals surface area contributed by atoms with Gasteiger partial charge >= 0.3 is 0 Å². The molecule has 0 saturated carbocycles. The first-order chi connectivity index (χ1) is 10.9. The molecule has 0 atom stereocenters. The highest BCUT2D eigenvalue weighted by Gasteiger charge is 2.18. The summed E-state index contributed by atoms with van der Waals surface area (Å²) in [5.41, 5.74) is 7.14. The molecule has 0 radical (unpaired) electrons. The predicted molar refractivity (Wildman–Crippen MR) is 92.1 cm³/mol. The number of nitrogens with zero attached hydrogens (tertiary/aromatic N) is 1. The molecule has 0 spiro atoms. The van der Waals surface area contributed by atoms with Crippen LogP contribution in [0.25, 0.3) is 21.8 Å². The summed E-state index contributed by atoms with van der Waals surface area (Å²) in [5.74, 6) is 0. The van der Waals surface area contributed by atoms with E-state index >= 15 is 0 Å². The molecular formula is C20H14N2. The van der Waals surface area contributed by atoms with Crippen LogP contribution >= 0.6 is 0 Å². The molecule has 0 unspecified atom stereocenters. The third-order valence-corrected chi connectivity index (χ3v) is 4.43. The minimum Gasteiger partial charge on any atom is -0.354 e. The van der Waals surface area contributed by atoms with Crippen molar-refractivity contribution >= 4 is 33.2 Å². The third-order valence-electron chi connectivity index (χ3n) is 4.43. The molecular weight excluding hydrogens is 268 g/mol. The van der Waals surface area contributed by atoms with Gasteiger partial charge in [-0.1, -0.05) is 48.5 Å². The molecule has 0 bridgehead atoms. The smallest absolute Gasteiger partial charge is 0.0690 e. The Hall–Kier alpha value is -2.87. The number of hydrogen-bond donors (Lipinski definition) is 1. The maximum atomic E-state index is 4.84. The van der Waals surface area contributed by atoms with Crippen LogP contribution in [0.1, 0.15) is 11.1 Å². The van der Waals surface area contributed by atoms with Gasteiger partial charge in [-0.05, 0) is 29.3 Å². The van der Waals surface area contributed by atoms with Gasteiger partial charge in [0, 0.05) is 28.2 Å². The Morgan fingerprint density at radius 3 is 2.50 bits per heavy atom. The zero-order valence-corrected chi connectivity index (χ0v) is 12.0. The summed E-state index contributed by atoms with van der Waals surface area (Å²) in [5, 5.41) is 2.58.